The lowest BCUT2D eigenvalue weighted by atomic mass is 9.93. The van der Waals surface area contributed by atoms with Crippen LogP contribution < -0.4 is 5.32 Å². The third-order valence-corrected chi connectivity index (χ3v) is 5.00. The fourth-order valence-corrected chi connectivity index (χ4v) is 3.75. The summed E-state index contributed by atoms with van der Waals surface area (Å²) in [6.07, 6.45) is 0. The monoisotopic (exact) mass is 345 g/mol. The molecule has 0 aromatic heterocycles. The zero-order chi connectivity index (χ0) is 18.1. The molecule has 0 atom stereocenters. The molecule has 5 rings (SSSR count). The van der Waals surface area contributed by atoms with Gasteiger partial charge in [0.2, 0.25) is 0 Å². The van der Waals surface area contributed by atoms with Crippen molar-refractivity contribution in [2.45, 2.75) is 0 Å². The van der Waals surface area contributed by atoms with Gasteiger partial charge in [0.1, 0.15) is 0 Å². The van der Waals surface area contributed by atoms with E-state index in [1.807, 2.05) is 18.2 Å². The van der Waals surface area contributed by atoms with E-state index in [4.69, 9.17) is 0 Å². The van der Waals surface area contributed by atoms with E-state index in [9.17, 15) is 0 Å². The second kappa shape index (κ2) is 6.62. The molecule has 0 spiro atoms. The molecule has 0 aliphatic carbocycles. The lowest BCUT2D eigenvalue weighted by molar-refractivity contribution is 1.55. The molecule has 27 heavy (non-hydrogen) atoms. The number of para-hydroxylation sites is 1. The van der Waals surface area contributed by atoms with Crippen LogP contribution in [-0.4, -0.2) is 0 Å². The molecule has 1 nitrogen and oxygen atoms in total. The van der Waals surface area contributed by atoms with Crippen LogP contribution in [0.25, 0.3) is 32.7 Å². The van der Waals surface area contributed by atoms with Crippen LogP contribution in [-0.2, 0) is 0 Å². The summed E-state index contributed by atoms with van der Waals surface area (Å²) in [5.41, 5.74) is 4.67. The molecule has 0 aliphatic rings. The van der Waals surface area contributed by atoms with Crippen molar-refractivity contribution >= 4 is 32.9 Å². The lowest BCUT2D eigenvalue weighted by Crippen LogP contribution is -1.90. The normalized spacial score (nSPS) is 11.0. The highest BCUT2D eigenvalue weighted by atomic mass is 14.9. The highest BCUT2D eigenvalue weighted by Gasteiger charge is 2.08. The van der Waals surface area contributed by atoms with Gasteiger partial charge in [-0.05, 0) is 63.0 Å². The van der Waals surface area contributed by atoms with Crippen molar-refractivity contribution in [2.75, 3.05) is 5.32 Å². The maximum atomic E-state index is 3.50. The van der Waals surface area contributed by atoms with E-state index in [2.05, 4.69) is 96.3 Å². The molecule has 128 valence electrons. The molecule has 1 heteroatoms. The molecule has 5 aromatic rings. The summed E-state index contributed by atoms with van der Waals surface area (Å²) in [5, 5.41) is 8.65. The molecule has 0 unspecified atom stereocenters. The number of fused-ring (bicyclic) bond motifs is 3. The van der Waals surface area contributed by atoms with Gasteiger partial charge in [-0.2, -0.15) is 0 Å². The molecule has 0 amide bonds. The van der Waals surface area contributed by atoms with Crippen LogP contribution in [0, 0.1) is 0 Å². The summed E-state index contributed by atoms with van der Waals surface area (Å²) in [5.74, 6) is 0. The quantitative estimate of drug-likeness (QED) is 0.336. The van der Waals surface area contributed by atoms with Gasteiger partial charge in [0.25, 0.3) is 0 Å². The summed E-state index contributed by atoms with van der Waals surface area (Å²) >= 11 is 0. The van der Waals surface area contributed by atoms with Gasteiger partial charge in [-0.3, -0.25) is 0 Å². The smallest absolute Gasteiger partial charge is 0.0390 e. The average molecular weight is 345 g/mol. The van der Waals surface area contributed by atoms with Crippen LogP contribution >= 0.6 is 0 Å². The van der Waals surface area contributed by atoms with E-state index >= 15 is 0 Å². The van der Waals surface area contributed by atoms with E-state index in [1.54, 1.807) is 0 Å². The Kier molecular flexibility index (Phi) is 3.84. The highest BCUT2D eigenvalue weighted by Crippen LogP contribution is 2.35. The Bertz CT molecular complexity index is 1240. The zero-order valence-corrected chi connectivity index (χ0v) is 14.9. The third-order valence-electron chi connectivity index (χ3n) is 5.00. The fourth-order valence-electron chi connectivity index (χ4n) is 3.75. The standard InChI is InChI=1S/C26H19N/c1-2-11-21(12-3-1)27-22-13-8-10-19(17-22)26-18-20-9-4-5-14-23(20)24-15-6-7-16-25(24)26/h1-18,27H. The molecule has 0 saturated carbocycles. The minimum atomic E-state index is 1.09. The van der Waals surface area contributed by atoms with Gasteiger partial charge < -0.3 is 5.32 Å². The Morgan fingerprint density at radius 1 is 0.444 bits per heavy atom. The van der Waals surface area contributed by atoms with Crippen molar-refractivity contribution in [2.24, 2.45) is 0 Å². The van der Waals surface area contributed by atoms with Crippen LogP contribution in [0.2, 0.25) is 0 Å². The fraction of sp³-hybridized carbons (Fsp3) is 0. The van der Waals surface area contributed by atoms with Crippen molar-refractivity contribution in [3.05, 3.63) is 109 Å². The van der Waals surface area contributed by atoms with Gasteiger partial charge in [-0.25, -0.2) is 0 Å². The topological polar surface area (TPSA) is 12.0 Å². The second-order valence-electron chi connectivity index (χ2n) is 6.76. The minimum Gasteiger partial charge on any atom is -0.356 e. The Morgan fingerprint density at radius 2 is 1.11 bits per heavy atom. The Hall–Kier alpha value is -3.58. The maximum Gasteiger partial charge on any atom is 0.0390 e. The highest BCUT2D eigenvalue weighted by molar-refractivity contribution is 6.13. The van der Waals surface area contributed by atoms with Crippen LogP contribution in [0.5, 0.6) is 0 Å². The van der Waals surface area contributed by atoms with Crippen LogP contribution in [0.3, 0.4) is 0 Å². The van der Waals surface area contributed by atoms with Gasteiger partial charge in [0.05, 0.1) is 0 Å². The van der Waals surface area contributed by atoms with Gasteiger partial charge >= 0.3 is 0 Å². The molecule has 0 bridgehead atoms. The molecule has 0 heterocycles. The summed E-state index contributed by atoms with van der Waals surface area (Å²) in [4.78, 5) is 0. The van der Waals surface area contributed by atoms with Gasteiger partial charge in [0.15, 0.2) is 0 Å². The number of hydrogen-bond acceptors (Lipinski definition) is 1. The largest absolute Gasteiger partial charge is 0.356 e. The summed E-state index contributed by atoms with van der Waals surface area (Å²) < 4.78 is 0. The van der Waals surface area contributed by atoms with Gasteiger partial charge in [-0.1, -0.05) is 78.9 Å². The van der Waals surface area contributed by atoms with E-state index in [-0.39, 0.29) is 0 Å². The molecule has 5 aromatic carbocycles. The molecule has 1 N–H and O–H groups in total. The molecule has 0 saturated heterocycles. The van der Waals surface area contributed by atoms with E-state index in [0.717, 1.165) is 11.4 Å². The van der Waals surface area contributed by atoms with Crippen molar-refractivity contribution < 1.29 is 0 Å². The summed E-state index contributed by atoms with van der Waals surface area (Å²) in [6, 6.07) is 38.5. The predicted molar refractivity (Wildman–Crippen MR) is 117 cm³/mol. The Morgan fingerprint density at radius 3 is 1.96 bits per heavy atom. The first-order valence-electron chi connectivity index (χ1n) is 9.21. The number of rotatable bonds is 3. The number of hydrogen-bond donors (Lipinski definition) is 1. The van der Waals surface area contributed by atoms with Crippen LogP contribution in [0.1, 0.15) is 0 Å². The average Bonchev–Trinajstić information content (AvgIpc) is 2.74. The Balaban J connectivity index is 1.68. The molecule has 0 radical (unpaired) electrons. The number of anilines is 2. The Labute approximate surface area is 158 Å². The second-order valence-corrected chi connectivity index (χ2v) is 6.76. The van der Waals surface area contributed by atoms with E-state index in [1.165, 1.54) is 32.7 Å². The number of nitrogens with one attached hydrogen (secondary N) is 1. The zero-order valence-electron chi connectivity index (χ0n) is 14.9. The van der Waals surface area contributed by atoms with Gasteiger partial charge in [-0.15, -0.1) is 0 Å². The van der Waals surface area contributed by atoms with Crippen molar-refractivity contribution in [3.63, 3.8) is 0 Å². The third kappa shape index (κ3) is 2.94. The molecule has 0 aliphatic heterocycles. The van der Waals surface area contributed by atoms with E-state index in [0.29, 0.717) is 0 Å². The van der Waals surface area contributed by atoms with Crippen LogP contribution in [0.15, 0.2) is 109 Å². The first-order valence-corrected chi connectivity index (χ1v) is 9.21. The number of benzene rings is 5. The van der Waals surface area contributed by atoms with Crippen molar-refractivity contribution in [1.29, 1.82) is 0 Å². The van der Waals surface area contributed by atoms with Crippen LogP contribution in [0.4, 0.5) is 11.4 Å². The molecular weight excluding hydrogens is 326 g/mol. The maximum absolute atomic E-state index is 3.50. The van der Waals surface area contributed by atoms with E-state index < -0.39 is 0 Å². The molecule has 0 fully saturated rings. The minimum absolute atomic E-state index is 1.09. The lowest BCUT2D eigenvalue weighted by Gasteiger charge is -2.13. The summed E-state index contributed by atoms with van der Waals surface area (Å²) in [6.45, 7) is 0. The van der Waals surface area contributed by atoms with Gasteiger partial charge in [0, 0.05) is 11.4 Å². The first-order chi connectivity index (χ1) is 13.4. The SMILES string of the molecule is c1ccc(Nc2cccc(-c3cc4ccccc4c4ccccc34)c2)cc1. The van der Waals surface area contributed by atoms with Crippen molar-refractivity contribution in [1.82, 2.24) is 0 Å². The summed E-state index contributed by atoms with van der Waals surface area (Å²) in [7, 11) is 0. The molecular formula is C26H19N. The first kappa shape index (κ1) is 15.7. The predicted octanol–water partition coefficient (Wildman–Crippen LogP) is 7.40. The van der Waals surface area contributed by atoms with Crippen molar-refractivity contribution in [3.8, 4) is 11.1 Å².